The third kappa shape index (κ3) is 3.16. The summed E-state index contributed by atoms with van der Waals surface area (Å²) in [4.78, 5) is 11.2. The molecule has 0 heterocycles. The number of carboxylic acid groups (broad SMARTS) is 1. The molecule has 0 bridgehead atoms. The second kappa shape index (κ2) is 6.31. The third-order valence-corrected chi connectivity index (χ3v) is 5.24. The van der Waals surface area contributed by atoms with E-state index in [9.17, 15) is 9.90 Å². The zero-order valence-corrected chi connectivity index (χ0v) is 14.6. The molecule has 0 saturated carbocycles. The smallest absolute Gasteiger partial charge is 0.405 e. The first-order valence-corrected chi connectivity index (χ1v) is 8.62. The second-order valence-electron chi connectivity index (χ2n) is 7.34. The van der Waals surface area contributed by atoms with Crippen molar-refractivity contribution in [2.24, 2.45) is 5.41 Å². The highest BCUT2D eigenvalue weighted by Gasteiger charge is 2.36. The topological polar surface area (TPSA) is 49.3 Å². The van der Waals surface area contributed by atoms with Crippen molar-refractivity contribution in [2.75, 3.05) is 0 Å². The Labute approximate surface area is 143 Å². The summed E-state index contributed by atoms with van der Waals surface area (Å²) in [6.07, 6.45) is 2.05. The Bertz CT molecular complexity index is 747. The van der Waals surface area contributed by atoms with Crippen LogP contribution in [0.2, 0.25) is 0 Å². The summed E-state index contributed by atoms with van der Waals surface area (Å²) in [5.41, 5.74) is 6.04. The molecular weight excluding hydrogens is 298 g/mol. The molecule has 0 radical (unpaired) electrons. The average molecular weight is 323 g/mol. The van der Waals surface area contributed by atoms with Gasteiger partial charge in [0.25, 0.3) is 0 Å². The van der Waals surface area contributed by atoms with Crippen molar-refractivity contribution >= 4 is 6.09 Å². The van der Waals surface area contributed by atoms with Crippen LogP contribution in [0.3, 0.4) is 0 Å². The maximum Gasteiger partial charge on any atom is 0.405 e. The van der Waals surface area contributed by atoms with Crippen LogP contribution in [0.5, 0.6) is 0 Å². The Hall–Kier alpha value is -2.29. The van der Waals surface area contributed by atoms with Crippen LogP contribution in [0.1, 0.15) is 49.9 Å². The predicted molar refractivity (Wildman–Crippen MR) is 97.3 cm³/mol. The summed E-state index contributed by atoms with van der Waals surface area (Å²) >= 11 is 0. The fourth-order valence-corrected chi connectivity index (χ4v) is 3.64. The highest BCUT2D eigenvalue weighted by Crippen LogP contribution is 2.44. The molecule has 0 aromatic heterocycles. The minimum Gasteiger partial charge on any atom is -0.465 e. The molecule has 3 heteroatoms. The number of nitrogens with one attached hydrogen (secondary N) is 1. The van der Waals surface area contributed by atoms with Gasteiger partial charge >= 0.3 is 6.09 Å². The lowest BCUT2D eigenvalue weighted by Gasteiger charge is -2.40. The molecule has 2 aromatic rings. The Kier molecular flexibility index (Phi) is 4.35. The molecule has 3 rings (SSSR count). The van der Waals surface area contributed by atoms with E-state index >= 15 is 0 Å². The molecule has 2 N–H and O–H groups in total. The highest BCUT2D eigenvalue weighted by atomic mass is 16.4. The van der Waals surface area contributed by atoms with Gasteiger partial charge in [0.15, 0.2) is 0 Å². The molecule has 0 saturated heterocycles. The molecule has 0 spiro atoms. The van der Waals surface area contributed by atoms with E-state index in [1.54, 1.807) is 0 Å². The minimum absolute atomic E-state index is 0.0737. The van der Waals surface area contributed by atoms with Gasteiger partial charge in [-0.1, -0.05) is 63.2 Å². The zero-order valence-electron chi connectivity index (χ0n) is 14.6. The number of rotatable bonds is 3. The van der Waals surface area contributed by atoms with Crippen molar-refractivity contribution in [1.82, 2.24) is 5.32 Å². The lowest BCUT2D eigenvalue weighted by molar-refractivity contribution is 0.161. The highest BCUT2D eigenvalue weighted by molar-refractivity contribution is 5.68. The molecule has 3 nitrogen and oxygen atoms in total. The number of hydrogen-bond acceptors (Lipinski definition) is 1. The van der Waals surface area contributed by atoms with Crippen LogP contribution in [0.4, 0.5) is 4.79 Å². The Morgan fingerprint density at radius 3 is 2.46 bits per heavy atom. The van der Waals surface area contributed by atoms with E-state index in [4.69, 9.17) is 0 Å². The van der Waals surface area contributed by atoms with Gasteiger partial charge in [0.05, 0.1) is 6.04 Å². The lowest BCUT2D eigenvalue weighted by atomic mass is 9.70. The summed E-state index contributed by atoms with van der Waals surface area (Å²) in [5, 5.41) is 11.9. The first kappa shape index (κ1) is 16.6. The maximum atomic E-state index is 11.2. The quantitative estimate of drug-likeness (QED) is 0.816. The molecule has 126 valence electrons. The van der Waals surface area contributed by atoms with E-state index in [2.05, 4.69) is 68.6 Å². The van der Waals surface area contributed by atoms with Gasteiger partial charge < -0.3 is 10.4 Å². The fourth-order valence-electron chi connectivity index (χ4n) is 3.64. The molecule has 0 unspecified atom stereocenters. The van der Waals surface area contributed by atoms with E-state index in [1.807, 2.05) is 0 Å². The first-order chi connectivity index (χ1) is 11.4. The standard InChI is InChI=1S/C21H25NO2/c1-4-14-5-7-15(8-6-14)16-9-10-18-17(13-16)11-12-21(2,3)19(18)22-20(23)24/h5-10,13,19,22H,4,11-12H2,1-3H3,(H,23,24)/t19-/m0/s1. The van der Waals surface area contributed by atoms with Gasteiger partial charge in [0.1, 0.15) is 0 Å². The van der Waals surface area contributed by atoms with Gasteiger partial charge in [0, 0.05) is 0 Å². The SMILES string of the molecule is CCc1ccc(-c2ccc3c(c2)CCC(C)(C)[C@H]3NC(=O)O)cc1. The molecule has 0 aliphatic heterocycles. The molecule has 1 aliphatic rings. The zero-order chi connectivity index (χ0) is 17.3. The van der Waals surface area contributed by atoms with Crippen molar-refractivity contribution in [1.29, 1.82) is 0 Å². The van der Waals surface area contributed by atoms with Crippen molar-refractivity contribution in [3.8, 4) is 11.1 Å². The first-order valence-electron chi connectivity index (χ1n) is 8.62. The van der Waals surface area contributed by atoms with Crippen molar-refractivity contribution in [3.05, 3.63) is 59.2 Å². The van der Waals surface area contributed by atoms with E-state index < -0.39 is 6.09 Å². The molecule has 1 amide bonds. The minimum atomic E-state index is -0.958. The van der Waals surface area contributed by atoms with Gasteiger partial charge in [-0.25, -0.2) is 4.79 Å². The number of benzene rings is 2. The van der Waals surface area contributed by atoms with E-state index in [-0.39, 0.29) is 11.5 Å². The van der Waals surface area contributed by atoms with E-state index in [1.165, 1.54) is 22.3 Å². The molecule has 1 aliphatic carbocycles. The molecule has 1 atom stereocenters. The number of aryl methyl sites for hydroxylation is 2. The van der Waals surface area contributed by atoms with E-state index in [0.29, 0.717) is 0 Å². The predicted octanol–water partition coefficient (Wildman–Crippen LogP) is 5.20. The summed E-state index contributed by atoms with van der Waals surface area (Å²) < 4.78 is 0. The van der Waals surface area contributed by atoms with Crippen molar-refractivity contribution in [2.45, 2.75) is 46.1 Å². The molecule has 0 fully saturated rings. The maximum absolute atomic E-state index is 11.2. The average Bonchev–Trinajstić information content (AvgIpc) is 2.57. The number of hydrogen-bond donors (Lipinski definition) is 2. The normalized spacial score (nSPS) is 18.7. The van der Waals surface area contributed by atoms with Crippen LogP contribution in [-0.2, 0) is 12.8 Å². The summed E-state index contributed by atoms with van der Waals surface area (Å²) in [6.45, 7) is 6.42. The summed E-state index contributed by atoms with van der Waals surface area (Å²) in [5.74, 6) is 0. The number of carbonyl (C=O) groups is 1. The monoisotopic (exact) mass is 323 g/mol. The van der Waals surface area contributed by atoms with E-state index in [0.717, 1.165) is 24.8 Å². The van der Waals surface area contributed by atoms with Gasteiger partial charge in [0.2, 0.25) is 0 Å². The van der Waals surface area contributed by atoms with Crippen molar-refractivity contribution < 1.29 is 9.90 Å². The number of fused-ring (bicyclic) bond motifs is 1. The largest absolute Gasteiger partial charge is 0.465 e. The molecular formula is C21H25NO2. The van der Waals surface area contributed by atoms with Crippen LogP contribution < -0.4 is 5.32 Å². The van der Waals surface area contributed by atoms with Gasteiger partial charge in [-0.05, 0) is 52.5 Å². The molecule has 24 heavy (non-hydrogen) atoms. The van der Waals surface area contributed by atoms with Crippen LogP contribution in [0, 0.1) is 5.41 Å². The van der Waals surface area contributed by atoms with Crippen LogP contribution in [0.15, 0.2) is 42.5 Å². The Balaban J connectivity index is 1.97. The third-order valence-electron chi connectivity index (χ3n) is 5.24. The lowest BCUT2D eigenvalue weighted by Crippen LogP contribution is -2.40. The number of amides is 1. The van der Waals surface area contributed by atoms with Gasteiger partial charge in [-0.15, -0.1) is 0 Å². The Morgan fingerprint density at radius 2 is 1.83 bits per heavy atom. The van der Waals surface area contributed by atoms with Crippen molar-refractivity contribution in [3.63, 3.8) is 0 Å². The fraction of sp³-hybridized carbons (Fsp3) is 0.381. The second-order valence-corrected chi connectivity index (χ2v) is 7.34. The van der Waals surface area contributed by atoms with Gasteiger partial charge in [-0.2, -0.15) is 0 Å². The van der Waals surface area contributed by atoms with Crippen LogP contribution in [0.25, 0.3) is 11.1 Å². The van der Waals surface area contributed by atoms with Gasteiger partial charge in [-0.3, -0.25) is 0 Å². The van der Waals surface area contributed by atoms with Crippen LogP contribution in [-0.4, -0.2) is 11.2 Å². The van der Waals surface area contributed by atoms with Crippen LogP contribution >= 0.6 is 0 Å². The summed E-state index contributed by atoms with van der Waals surface area (Å²) in [6, 6.07) is 15.0. The Morgan fingerprint density at radius 1 is 1.17 bits per heavy atom. The molecule has 2 aromatic carbocycles. The summed E-state index contributed by atoms with van der Waals surface area (Å²) in [7, 11) is 0.